The van der Waals surface area contributed by atoms with Crippen LogP contribution in [0.5, 0.6) is 0 Å². The summed E-state index contributed by atoms with van der Waals surface area (Å²) in [6, 6.07) is 10.5. The largest absolute Gasteiger partial charge is 0.349 e. The summed E-state index contributed by atoms with van der Waals surface area (Å²) in [5.74, 6) is -0.209. The summed E-state index contributed by atoms with van der Waals surface area (Å²) in [5, 5.41) is 3.08. The van der Waals surface area contributed by atoms with Gasteiger partial charge in [0.2, 0.25) is 0 Å². The Hall–Kier alpha value is -2.34. The third kappa shape index (κ3) is 5.38. The van der Waals surface area contributed by atoms with Crippen LogP contribution in [0.15, 0.2) is 41.3 Å². The molecular weight excluding hydrogens is 384 g/mol. The summed E-state index contributed by atoms with van der Waals surface area (Å²) in [5.41, 5.74) is 3.60. The molecule has 2 aromatic rings. The highest BCUT2D eigenvalue weighted by atomic mass is 32.2. The summed E-state index contributed by atoms with van der Waals surface area (Å²) < 4.78 is 28.6. The molecule has 0 unspecified atom stereocenters. The molecule has 0 radical (unpaired) electrons. The van der Waals surface area contributed by atoms with E-state index in [1.54, 1.807) is 25.1 Å². The maximum absolute atomic E-state index is 13.0. The van der Waals surface area contributed by atoms with Gasteiger partial charge in [-0.25, -0.2) is 8.42 Å². The number of amides is 1. The Morgan fingerprint density at radius 2 is 1.52 bits per heavy atom. The molecule has 5 nitrogen and oxygen atoms in total. The first-order valence-electron chi connectivity index (χ1n) is 10.3. The number of hydrogen-bond acceptors (Lipinski definition) is 3. The van der Waals surface area contributed by atoms with E-state index in [0.717, 1.165) is 36.8 Å². The molecule has 2 aromatic carbocycles. The van der Waals surface area contributed by atoms with Gasteiger partial charge in [0.05, 0.1) is 4.90 Å². The minimum absolute atomic E-state index is 0.129. The van der Waals surface area contributed by atoms with Gasteiger partial charge in [0, 0.05) is 17.3 Å². The molecule has 0 saturated heterocycles. The lowest BCUT2D eigenvalue weighted by Gasteiger charge is -2.17. The number of nitrogens with one attached hydrogen (secondary N) is 2. The maximum atomic E-state index is 13.0. The van der Waals surface area contributed by atoms with Crippen molar-refractivity contribution in [2.24, 2.45) is 0 Å². The summed E-state index contributed by atoms with van der Waals surface area (Å²) in [4.78, 5) is 12.9. The van der Waals surface area contributed by atoms with Crippen molar-refractivity contribution >= 4 is 21.6 Å². The van der Waals surface area contributed by atoms with E-state index in [4.69, 9.17) is 0 Å². The molecule has 1 aliphatic carbocycles. The Balaban J connectivity index is 1.81. The van der Waals surface area contributed by atoms with Crippen LogP contribution in [0.3, 0.4) is 0 Å². The lowest BCUT2D eigenvalue weighted by molar-refractivity contribution is 0.0933. The van der Waals surface area contributed by atoms with Crippen molar-refractivity contribution in [1.29, 1.82) is 0 Å². The van der Waals surface area contributed by atoms with Crippen molar-refractivity contribution in [3.8, 4) is 0 Å². The number of rotatable bonds is 5. The minimum atomic E-state index is -3.80. The van der Waals surface area contributed by atoms with Crippen LogP contribution in [0.1, 0.15) is 65.6 Å². The average Bonchev–Trinajstić information content (AvgIpc) is 2.93. The Bertz CT molecular complexity index is 991. The number of aryl methyl sites for hydroxylation is 3. The SMILES string of the molecule is Cc1ccc(NS(=O)(=O)c2cc(C(=O)NC3CCCCCC3)ccc2C)cc1C. The highest BCUT2D eigenvalue weighted by molar-refractivity contribution is 7.92. The molecule has 156 valence electrons. The van der Waals surface area contributed by atoms with Gasteiger partial charge in [0.25, 0.3) is 15.9 Å². The monoisotopic (exact) mass is 414 g/mol. The molecule has 1 aliphatic rings. The second kappa shape index (κ2) is 8.99. The summed E-state index contributed by atoms with van der Waals surface area (Å²) in [6.07, 6.45) is 6.64. The van der Waals surface area contributed by atoms with E-state index < -0.39 is 10.0 Å². The highest BCUT2D eigenvalue weighted by Crippen LogP contribution is 2.23. The van der Waals surface area contributed by atoms with E-state index in [2.05, 4.69) is 10.0 Å². The molecule has 0 aliphatic heterocycles. The van der Waals surface area contributed by atoms with Crippen LogP contribution in [-0.2, 0) is 10.0 Å². The second-order valence-corrected chi connectivity index (χ2v) is 9.70. The molecule has 0 heterocycles. The van der Waals surface area contributed by atoms with Gasteiger partial charge in [-0.1, -0.05) is 37.8 Å². The number of anilines is 1. The lowest BCUT2D eigenvalue weighted by Crippen LogP contribution is -2.34. The Labute approximate surface area is 174 Å². The van der Waals surface area contributed by atoms with Gasteiger partial charge in [-0.2, -0.15) is 0 Å². The van der Waals surface area contributed by atoms with Gasteiger partial charge in [-0.3, -0.25) is 9.52 Å². The first kappa shape index (κ1) is 21.4. The third-order valence-corrected chi connectivity index (χ3v) is 7.21. The van der Waals surface area contributed by atoms with Gasteiger partial charge >= 0.3 is 0 Å². The van der Waals surface area contributed by atoms with Crippen molar-refractivity contribution in [2.45, 2.75) is 70.2 Å². The molecule has 0 bridgehead atoms. The van der Waals surface area contributed by atoms with Gasteiger partial charge in [0.1, 0.15) is 0 Å². The van der Waals surface area contributed by atoms with Crippen LogP contribution in [0.25, 0.3) is 0 Å². The number of sulfonamides is 1. The Morgan fingerprint density at radius 3 is 2.17 bits per heavy atom. The van der Waals surface area contributed by atoms with Crippen LogP contribution in [-0.4, -0.2) is 20.4 Å². The number of carbonyl (C=O) groups is 1. The van der Waals surface area contributed by atoms with E-state index in [9.17, 15) is 13.2 Å². The van der Waals surface area contributed by atoms with Gasteiger partial charge in [-0.05, 0) is 74.6 Å². The lowest BCUT2D eigenvalue weighted by atomic mass is 10.1. The first-order chi connectivity index (χ1) is 13.8. The highest BCUT2D eigenvalue weighted by Gasteiger charge is 2.21. The first-order valence-corrected chi connectivity index (χ1v) is 11.8. The van der Waals surface area contributed by atoms with E-state index >= 15 is 0 Å². The molecule has 2 N–H and O–H groups in total. The molecule has 1 fully saturated rings. The minimum Gasteiger partial charge on any atom is -0.349 e. The molecule has 0 spiro atoms. The average molecular weight is 415 g/mol. The number of benzene rings is 2. The van der Waals surface area contributed by atoms with Crippen LogP contribution >= 0.6 is 0 Å². The molecule has 29 heavy (non-hydrogen) atoms. The Kier molecular flexibility index (Phi) is 6.63. The molecule has 3 rings (SSSR count). The van der Waals surface area contributed by atoms with E-state index in [-0.39, 0.29) is 16.8 Å². The Morgan fingerprint density at radius 1 is 0.862 bits per heavy atom. The quantitative estimate of drug-likeness (QED) is 0.686. The predicted octanol–water partition coefficient (Wildman–Crippen LogP) is 4.87. The zero-order valence-corrected chi connectivity index (χ0v) is 18.2. The summed E-state index contributed by atoms with van der Waals surface area (Å²) in [6.45, 7) is 5.66. The summed E-state index contributed by atoms with van der Waals surface area (Å²) in [7, 11) is -3.80. The molecule has 0 aromatic heterocycles. The van der Waals surface area contributed by atoms with Crippen molar-refractivity contribution in [3.05, 3.63) is 58.7 Å². The molecule has 1 saturated carbocycles. The fraction of sp³-hybridized carbons (Fsp3) is 0.435. The predicted molar refractivity (Wildman–Crippen MR) is 117 cm³/mol. The normalized spacial score (nSPS) is 15.6. The van der Waals surface area contributed by atoms with Gasteiger partial charge in [-0.15, -0.1) is 0 Å². The van der Waals surface area contributed by atoms with Crippen LogP contribution < -0.4 is 10.0 Å². The zero-order chi connectivity index (χ0) is 21.0. The molecule has 0 atom stereocenters. The fourth-order valence-electron chi connectivity index (χ4n) is 3.74. The standard InChI is InChI=1S/C23H30N2O3S/c1-16-11-13-21(14-18(16)3)25-29(27,28)22-15-19(12-10-17(22)2)23(26)24-20-8-6-4-5-7-9-20/h10-15,20,25H,4-9H2,1-3H3,(H,24,26). The van der Waals surface area contributed by atoms with Crippen molar-refractivity contribution < 1.29 is 13.2 Å². The van der Waals surface area contributed by atoms with E-state index in [1.807, 2.05) is 26.0 Å². The van der Waals surface area contributed by atoms with Crippen molar-refractivity contribution in [2.75, 3.05) is 4.72 Å². The summed E-state index contributed by atoms with van der Waals surface area (Å²) >= 11 is 0. The van der Waals surface area contributed by atoms with Crippen molar-refractivity contribution in [3.63, 3.8) is 0 Å². The number of hydrogen-bond donors (Lipinski definition) is 2. The molecule has 6 heteroatoms. The topological polar surface area (TPSA) is 75.3 Å². The van der Waals surface area contributed by atoms with Gasteiger partial charge in [0.15, 0.2) is 0 Å². The fourth-order valence-corrected chi connectivity index (χ4v) is 5.06. The van der Waals surface area contributed by atoms with Gasteiger partial charge < -0.3 is 5.32 Å². The smallest absolute Gasteiger partial charge is 0.262 e. The molecular formula is C23H30N2O3S. The zero-order valence-electron chi connectivity index (χ0n) is 17.4. The van der Waals surface area contributed by atoms with Crippen LogP contribution in [0, 0.1) is 20.8 Å². The third-order valence-electron chi connectivity index (χ3n) is 5.69. The van der Waals surface area contributed by atoms with E-state index in [1.165, 1.54) is 18.9 Å². The van der Waals surface area contributed by atoms with Crippen LogP contribution in [0.4, 0.5) is 5.69 Å². The second-order valence-electron chi connectivity index (χ2n) is 8.05. The van der Waals surface area contributed by atoms with Crippen LogP contribution in [0.2, 0.25) is 0 Å². The van der Waals surface area contributed by atoms with E-state index in [0.29, 0.717) is 16.8 Å². The molecule has 1 amide bonds. The number of carbonyl (C=O) groups excluding carboxylic acids is 1. The van der Waals surface area contributed by atoms with Crippen molar-refractivity contribution in [1.82, 2.24) is 5.32 Å². The maximum Gasteiger partial charge on any atom is 0.262 e.